The van der Waals surface area contributed by atoms with Gasteiger partial charge in [0.1, 0.15) is 11.8 Å². The van der Waals surface area contributed by atoms with E-state index in [-0.39, 0.29) is 0 Å². The summed E-state index contributed by atoms with van der Waals surface area (Å²) in [6, 6.07) is 4.77. The number of rotatable bonds is 6. The number of methoxy groups -OCH3 is 1. The first-order valence-corrected chi connectivity index (χ1v) is 6.73. The molecule has 0 saturated heterocycles. The molecule has 1 unspecified atom stereocenters. The van der Waals surface area contributed by atoms with Crippen LogP contribution in [0.15, 0.2) is 23.4 Å². The van der Waals surface area contributed by atoms with Crippen LogP contribution >= 0.6 is 11.8 Å². The van der Waals surface area contributed by atoms with Gasteiger partial charge in [-0.3, -0.25) is 4.79 Å². The van der Waals surface area contributed by atoms with Gasteiger partial charge in [-0.2, -0.15) is 0 Å². The van der Waals surface area contributed by atoms with Crippen LogP contribution in [0.1, 0.15) is 6.42 Å². The van der Waals surface area contributed by atoms with E-state index in [9.17, 15) is 4.79 Å². The molecule has 0 aliphatic carbocycles. The van der Waals surface area contributed by atoms with Gasteiger partial charge in [-0.1, -0.05) is 11.8 Å². The van der Waals surface area contributed by atoms with Gasteiger partial charge in [0.25, 0.3) is 0 Å². The second kappa shape index (κ2) is 5.94. The molecule has 0 aliphatic rings. The van der Waals surface area contributed by atoms with Crippen LogP contribution in [0, 0.1) is 0 Å². The van der Waals surface area contributed by atoms with Gasteiger partial charge in [-0.05, 0) is 18.6 Å². The molecule has 1 aromatic carbocycles. The molecular formula is C12H15N3O3S. The third kappa shape index (κ3) is 3.39. The molecule has 0 radical (unpaired) electrons. The van der Waals surface area contributed by atoms with Crippen molar-refractivity contribution in [3.05, 3.63) is 18.2 Å². The minimum absolute atomic E-state index is 0.403. The zero-order chi connectivity index (χ0) is 13.8. The van der Waals surface area contributed by atoms with Gasteiger partial charge in [0, 0.05) is 11.8 Å². The van der Waals surface area contributed by atoms with Crippen molar-refractivity contribution in [1.29, 1.82) is 0 Å². The maximum absolute atomic E-state index is 10.6. The first-order chi connectivity index (χ1) is 9.10. The van der Waals surface area contributed by atoms with Crippen molar-refractivity contribution < 1.29 is 14.6 Å². The first-order valence-electron chi connectivity index (χ1n) is 5.75. The number of fused-ring (bicyclic) bond motifs is 1. The summed E-state index contributed by atoms with van der Waals surface area (Å²) in [6.07, 6.45) is 0.403. The number of carboxylic acids is 1. The number of hydrogen-bond donors (Lipinski definition) is 3. The lowest BCUT2D eigenvalue weighted by atomic mass is 10.2. The molecule has 1 atom stereocenters. The molecule has 4 N–H and O–H groups in total. The number of imidazole rings is 1. The van der Waals surface area contributed by atoms with Crippen LogP contribution in [0.25, 0.3) is 11.0 Å². The molecule has 0 aliphatic heterocycles. The molecule has 0 saturated carbocycles. The highest BCUT2D eigenvalue weighted by Crippen LogP contribution is 2.23. The van der Waals surface area contributed by atoms with Crippen LogP contribution in [0.4, 0.5) is 0 Å². The van der Waals surface area contributed by atoms with E-state index in [0.717, 1.165) is 21.9 Å². The maximum Gasteiger partial charge on any atom is 0.320 e. The predicted molar refractivity (Wildman–Crippen MR) is 73.6 cm³/mol. The number of nitrogens with one attached hydrogen (secondary N) is 1. The van der Waals surface area contributed by atoms with Crippen molar-refractivity contribution in [2.75, 3.05) is 12.9 Å². The predicted octanol–water partition coefficient (Wildman–Crippen LogP) is 1.47. The maximum atomic E-state index is 10.6. The van der Waals surface area contributed by atoms with E-state index >= 15 is 0 Å². The zero-order valence-electron chi connectivity index (χ0n) is 10.4. The minimum Gasteiger partial charge on any atom is -0.497 e. The number of benzene rings is 1. The van der Waals surface area contributed by atoms with Gasteiger partial charge < -0.3 is 20.6 Å². The van der Waals surface area contributed by atoms with Gasteiger partial charge in [-0.15, -0.1) is 0 Å². The van der Waals surface area contributed by atoms with Gasteiger partial charge in [-0.25, -0.2) is 4.98 Å². The van der Waals surface area contributed by atoms with Crippen molar-refractivity contribution in [2.24, 2.45) is 5.73 Å². The first kappa shape index (κ1) is 13.7. The molecule has 0 fully saturated rings. The van der Waals surface area contributed by atoms with Crippen LogP contribution < -0.4 is 10.5 Å². The van der Waals surface area contributed by atoms with E-state index in [1.165, 1.54) is 11.8 Å². The number of thioether (sulfide) groups is 1. The number of nitrogens with two attached hydrogens (primary N) is 1. The van der Waals surface area contributed by atoms with E-state index in [2.05, 4.69) is 9.97 Å². The molecule has 7 heteroatoms. The molecule has 1 heterocycles. The lowest BCUT2D eigenvalue weighted by Gasteiger charge is -2.03. The Bertz CT molecular complexity index is 585. The number of aromatic amines is 1. The average molecular weight is 281 g/mol. The molecule has 19 heavy (non-hydrogen) atoms. The van der Waals surface area contributed by atoms with Crippen LogP contribution in [0.3, 0.4) is 0 Å². The summed E-state index contributed by atoms with van der Waals surface area (Å²) in [5, 5.41) is 9.43. The third-order valence-electron chi connectivity index (χ3n) is 2.65. The Balaban J connectivity index is 1.99. The van der Waals surface area contributed by atoms with Crippen LogP contribution in [0.2, 0.25) is 0 Å². The normalized spacial score (nSPS) is 12.5. The molecule has 0 amide bonds. The van der Waals surface area contributed by atoms with Crippen molar-refractivity contribution in [3.63, 3.8) is 0 Å². The number of H-pyrrole nitrogens is 1. The largest absolute Gasteiger partial charge is 0.497 e. The van der Waals surface area contributed by atoms with Gasteiger partial charge in [0.15, 0.2) is 5.16 Å². The highest BCUT2D eigenvalue weighted by molar-refractivity contribution is 7.99. The van der Waals surface area contributed by atoms with Crippen molar-refractivity contribution in [2.45, 2.75) is 17.6 Å². The fourth-order valence-electron chi connectivity index (χ4n) is 1.57. The topological polar surface area (TPSA) is 101 Å². The number of hydrogen-bond acceptors (Lipinski definition) is 5. The van der Waals surface area contributed by atoms with E-state index in [0.29, 0.717) is 12.2 Å². The molecule has 2 rings (SSSR count). The average Bonchev–Trinajstić information content (AvgIpc) is 2.79. The highest BCUT2D eigenvalue weighted by Gasteiger charge is 2.11. The lowest BCUT2D eigenvalue weighted by molar-refractivity contribution is -0.138. The van der Waals surface area contributed by atoms with E-state index in [1.54, 1.807) is 7.11 Å². The van der Waals surface area contributed by atoms with E-state index in [4.69, 9.17) is 15.6 Å². The Labute approximate surface area is 114 Å². The quantitative estimate of drug-likeness (QED) is 0.693. The molecule has 0 bridgehead atoms. The number of carboxylic acid groups (broad SMARTS) is 1. The molecule has 2 aromatic rings. The summed E-state index contributed by atoms with van der Waals surface area (Å²) in [4.78, 5) is 18.1. The summed E-state index contributed by atoms with van der Waals surface area (Å²) in [7, 11) is 1.61. The Hall–Kier alpha value is -1.73. The van der Waals surface area contributed by atoms with Crippen molar-refractivity contribution >= 4 is 28.8 Å². The number of aliphatic carboxylic acids is 1. The third-order valence-corrected chi connectivity index (χ3v) is 3.56. The molecule has 1 aromatic heterocycles. The Kier molecular flexibility index (Phi) is 4.28. The number of aromatic nitrogens is 2. The second-order valence-electron chi connectivity index (χ2n) is 4.01. The summed E-state index contributed by atoms with van der Waals surface area (Å²) >= 11 is 1.45. The second-order valence-corrected chi connectivity index (χ2v) is 5.09. The molecule has 102 valence electrons. The standard InChI is InChI=1S/C12H15N3O3S/c1-18-7-2-3-9-10(6-7)15-12(14-9)19-5-4-8(13)11(16)17/h2-3,6,8H,4-5,13H2,1H3,(H,14,15)(H,16,17). The monoisotopic (exact) mass is 281 g/mol. The summed E-state index contributed by atoms with van der Waals surface area (Å²) in [6.45, 7) is 0. The lowest BCUT2D eigenvalue weighted by Crippen LogP contribution is -2.30. The molecular weight excluding hydrogens is 266 g/mol. The Morgan fingerprint density at radius 2 is 2.42 bits per heavy atom. The Morgan fingerprint density at radius 3 is 3.11 bits per heavy atom. The van der Waals surface area contributed by atoms with Crippen LogP contribution in [-0.2, 0) is 4.79 Å². The smallest absolute Gasteiger partial charge is 0.320 e. The van der Waals surface area contributed by atoms with Gasteiger partial charge in [0.2, 0.25) is 0 Å². The summed E-state index contributed by atoms with van der Waals surface area (Å²) in [5.74, 6) is 0.389. The van der Waals surface area contributed by atoms with E-state index in [1.807, 2.05) is 18.2 Å². The van der Waals surface area contributed by atoms with Crippen LogP contribution in [-0.4, -0.2) is 39.9 Å². The summed E-state index contributed by atoms with van der Waals surface area (Å²) in [5.41, 5.74) is 7.18. The van der Waals surface area contributed by atoms with Gasteiger partial charge in [0.05, 0.1) is 18.1 Å². The van der Waals surface area contributed by atoms with Gasteiger partial charge >= 0.3 is 5.97 Å². The van der Waals surface area contributed by atoms with Crippen molar-refractivity contribution in [1.82, 2.24) is 9.97 Å². The number of ether oxygens (including phenoxy) is 1. The number of nitrogens with zero attached hydrogens (tertiary/aromatic N) is 1. The Morgan fingerprint density at radius 1 is 1.63 bits per heavy atom. The fraction of sp³-hybridized carbons (Fsp3) is 0.333. The van der Waals surface area contributed by atoms with Crippen molar-refractivity contribution in [3.8, 4) is 5.75 Å². The SMILES string of the molecule is COc1ccc2nc(SCCC(N)C(=O)O)[nH]c2c1. The summed E-state index contributed by atoms with van der Waals surface area (Å²) < 4.78 is 5.13. The number of carbonyl (C=O) groups is 1. The highest BCUT2D eigenvalue weighted by atomic mass is 32.2. The molecule has 6 nitrogen and oxygen atoms in total. The zero-order valence-corrected chi connectivity index (χ0v) is 11.2. The minimum atomic E-state index is -0.977. The fourth-order valence-corrected chi connectivity index (χ4v) is 2.48. The van der Waals surface area contributed by atoms with E-state index < -0.39 is 12.0 Å². The molecule has 0 spiro atoms. The van der Waals surface area contributed by atoms with Crippen LogP contribution in [0.5, 0.6) is 5.75 Å².